The molecule has 0 bridgehead atoms. The summed E-state index contributed by atoms with van der Waals surface area (Å²) in [7, 11) is 1.66. The second-order valence-corrected chi connectivity index (χ2v) is 5.73. The minimum absolute atomic E-state index is 0. The molecule has 0 aliphatic heterocycles. The molecule has 0 aliphatic rings. The molecule has 1 heterocycles. The first-order chi connectivity index (χ1) is 12.8. The Hall–Kier alpha value is -1.97. The number of nitrogens with zero attached hydrogens (tertiary/aromatic N) is 2. The molecule has 3 N–H and O–H groups in total. The number of rotatable bonds is 10. The van der Waals surface area contributed by atoms with Crippen LogP contribution in [-0.2, 0) is 13.0 Å². The lowest BCUT2D eigenvalue weighted by atomic mass is 10.1. The zero-order valence-corrected chi connectivity index (χ0v) is 18.6. The molecule has 0 radical (unpaired) electrons. The Balaban J connectivity index is 0.00000364. The molecule has 0 unspecified atom stereocenters. The van der Waals surface area contributed by atoms with Crippen molar-refractivity contribution in [3.63, 3.8) is 0 Å². The van der Waals surface area contributed by atoms with Gasteiger partial charge in [0.1, 0.15) is 0 Å². The molecule has 2 rings (SSSR count). The molecule has 2 aromatic rings. The molecule has 1 aromatic carbocycles. The maximum Gasteiger partial charge on any atom is 0.191 e. The predicted molar refractivity (Wildman–Crippen MR) is 119 cm³/mol. The van der Waals surface area contributed by atoms with E-state index in [9.17, 15) is 0 Å². The van der Waals surface area contributed by atoms with Crippen molar-refractivity contribution in [1.29, 1.82) is 0 Å². The molecule has 0 saturated carbocycles. The van der Waals surface area contributed by atoms with Gasteiger partial charge in [-0.15, -0.1) is 24.0 Å². The molecule has 0 saturated heterocycles. The van der Waals surface area contributed by atoms with Crippen LogP contribution in [0, 0.1) is 0 Å². The summed E-state index contributed by atoms with van der Waals surface area (Å²) in [5.41, 5.74) is 2.22. The number of ether oxygens (including phenoxy) is 2. The van der Waals surface area contributed by atoms with Gasteiger partial charge in [-0.3, -0.25) is 5.10 Å². The van der Waals surface area contributed by atoms with Crippen LogP contribution in [0.5, 0.6) is 11.5 Å². The molecule has 0 fully saturated rings. The molecule has 1 aromatic heterocycles. The van der Waals surface area contributed by atoms with Gasteiger partial charge >= 0.3 is 0 Å². The minimum Gasteiger partial charge on any atom is -0.493 e. The van der Waals surface area contributed by atoms with Crippen LogP contribution >= 0.6 is 24.0 Å². The normalized spacial score (nSPS) is 10.9. The van der Waals surface area contributed by atoms with Crippen LogP contribution in [0.4, 0.5) is 0 Å². The van der Waals surface area contributed by atoms with Gasteiger partial charge in [-0.05, 0) is 50.5 Å². The van der Waals surface area contributed by atoms with Gasteiger partial charge in [0.05, 0.1) is 26.0 Å². The molecule has 27 heavy (non-hydrogen) atoms. The van der Waals surface area contributed by atoms with Crippen LogP contribution in [0.3, 0.4) is 0 Å². The summed E-state index contributed by atoms with van der Waals surface area (Å²) in [5.74, 6) is 2.39. The first-order valence-electron chi connectivity index (χ1n) is 9.07. The fraction of sp³-hybridized carbons (Fsp3) is 0.474. The van der Waals surface area contributed by atoms with Crippen LogP contribution < -0.4 is 20.1 Å². The van der Waals surface area contributed by atoms with Crippen molar-refractivity contribution in [3.8, 4) is 11.5 Å². The van der Waals surface area contributed by atoms with Crippen molar-refractivity contribution in [2.24, 2.45) is 4.99 Å². The average molecular weight is 487 g/mol. The lowest BCUT2D eigenvalue weighted by Crippen LogP contribution is -2.37. The molecule has 150 valence electrons. The second kappa shape index (κ2) is 13.2. The maximum atomic E-state index is 5.63. The van der Waals surface area contributed by atoms with Crippen LogP contribution in [-0.4, -0.2) is 43.0 Å². The third-order valence-corrected chi connectivity index (χ3v) is 3.77. The molecular weight excluding hydrogens is 457 g/mol. The summed E-state index contributed by atoms with van der Waals surface area (Å²) in [6.07, 6.45) is 3.68. The standard InChI is InChI=1S/C19H29N5O2.HI/c1-4-20-19(22-14-16-10-12-23-24-16)21-11-6-7-15-8-9-17(25-3)18(13-15)26-5-2;/h8-10,12-13H,4-7,11,14H2,1-3H3,(H,23,24)(H2,20,21,22);1H. The van der Waals surface area contributed by atoms with Crippen molar-refractivity contribution in [3.05, 3.63) is 41.7 Å². The minimum atomic E-state index is 0. The van der Waals surface area contributed by atoms with E-state index in [0.717, 1.165) is 49.1 Å². The Labute approximate surface area is 178 Å². The summed E-state index contributed by atoms with van der Waals surface area (Å²) in [6, 6.07) is 8.02. The van der Waals surface area contributed by atoms with Crippen molar-refractivity contribution in [2.45, 2.75) is 33.2 Å². The highest BCUT2D eigenvalue weighted by Gasteiger charge is 2.05. The number of methoxy groups -OCH3 is 1. The van der Waals surface area contributed by atoms with Crippen molar-refractivity contribution < 1.29 is 9.47 Å². The Kier molecular flexibility index (Phi) is 11.3. The van der Waals surface area contributed by atoms with Gasteiger partial charge < -0.3 is 20.1 Å². The van der Waals surface area contributed by atoms with E-state index in [2.05, 4.69) is 44.9 Å². The van der Waals surface area contributed by atoms with Crippen LogP contribution in [0.2, 0.25) is 0 Å². The molecule has 0 aliphatic carbocycles. The Morgan fingerprint density at radius 1 is 1.19 bits per heavy atom. The molecular formula is C19H30IN5O2. The van der Waals surface area contributed by atoms with E-state index in [1.54, 1.807) is 13.3 Å². The predicted octanol–water partition coefficient (Wildman–Crippen LogP) is 3.12. The van der Waals surface area contributed by atoms with Gasteiger partial charge in [-0.1, -0.05) is 6.07 Å². The average Bonchev–Trinajstić information content (AvgIpc) is 3.17. The molecule has 0 spiro atoms. The number of H-pyrrole nitrogens is 1. The van der Waals surface area contributed by atoms with Gasteiger partial charge in [0.25, 0.3) is 0 Å². The Morgan fingerprint density at radius 3 is 2.70 bits per heavy atom. The number of halogens is 1. The van der Waals surface area contributed by atoms with Crippen LogP contribution in [0.1, 0.15) is 31.5 Å². The van der Waals surface area contributed by atoms with Gasteiger partial charge in [0, 0.05) is 19.3 Å². The number of aliphatic imine (C=N–C) groups is 1. The first-order valence-corrected chi connectivity index (χ1v) is 9.07. The quantitative estimate of drug-likeness (QED) is 0.208. The number of aromatic nitrogens is 2. The van der Waals surface area contributed by atoms with Crippen molar-refractivity contribution in [1.82, 2.24) is 20.8 Å². The van der Waals surface area contributed by atoms with E-state index in [1.807, 2.05) is 19.1 Å². The summed E-state index contributed by atoms with van der Waals surface area (Å²) in [4.78, 5) is 4.55. The van der Waals surface area contributed by atoms with E-state index in [0.29, 0.717) is 13.2 Å². The zero-order chi connectivity index (χ0) is 18.6. The molecule has 7 nitrogen and oxygen atoms in total. The van der Waals surface area contributed by atoms with Gasteiger partial charge in [0.2, 0.25) is 0 Å². The van der Waals surface area contributed by atoms with Gasteiger partial charge in [-0.25, -0.2) is 4.99 Å². The highest BCUT2D eigenvalue weighted by atomic mass is 127. The van der Waals surface area contributed by atoms with Gasteiger partial charge in [-0.2, -0.15) is 5.10 Å². The summed E-state index contributed by atoms with van der Waals surface area (Å²) in [5, 5.41) is 13.5. The number of guanidine groups is 1. The fourth-order valence-corrected chi connectivity index (χ4v) is 2.52. The SMILES string of the molecule is CCNC(=NCc1ccn[nH]1)NCCCc1ccc(OC)c(OCC)c1.I. The largest absolute Gasteiger partial charge is 0.493 e. The third kappa shape index (κ3) is 8.06. The van der Waals surface area contributed by atoms with Gasteiger partial charge in [0.15, 0.2) is 17.5 Å². The maximum absolute atomic E-state index is 5.63. The highest BCUT2D eigenvalue weighted by Crippen LogP contribution is 2.28. The summed E-state index contributed by atoms with van der Waals surface area (Å²) >= 11 is 0. The number of hydrogen-bond acceptors (Lipinski definition) is 4. The summed E-state index contributed by atoms with van der Waals surface area (Å²) < 4.78 is 11.0. The van der Waals surface area contributed by atoms with E-state index in [-0.39, 0.29) is 24.0 Å². The van der Waals surface area contributed by atoms with E-state index in [1.165, 1.54) is 5.56 Å². The van der Waals surface area contributed by atoms with Crippen LogP contribution in [0.25, 0.3) is 0 Å². The topological polar surface area (TPSA) is 83.6 Å². The lowest BCUT2D eigenvalue weighted by Gasteiger charge is -2.12. The number of hydrogen-bond donors (Lipinski definition) is 3. The third-order valence-electron chi connectivity index (χ3n) is 3.77. The molecule has 0 atom stereocenters. The monoisotopic (exact) mass is 487 g/mol. The summed E-state index contributed by atoms with van der Waals surface area (Å²) in [6.45, 7) is 6.89. The van der Waals surface area contributed by atoms with Crippen LogP contribution in [0.15, 0.2) is 35.5 Å². The van der Waals surface area contributed by atoms with Crippen molar-refractivity contribution in [2.75, 3.05) is 26.8 Å². The lowest BCUT2D eigenvalue weighted by molar-refractivity contribution is 0.310. The number of aryl methyl sites for hydroxylation is 1. The van der Waals surface area contributed by atoms with Crippen molar-refractivity contribution >= 4 is 29.9 Å². The molecule has 8 heteroatoms. The fourth-order valence-electron chi connectivity index (χ4n) is 2.52. The highest BCUT2D eigenvalue weighted by molar-refractivity contribution is 14.0. The van der Waals surface area contributed by atoms with E-state index < -0.39 is 0 Å². The second-order valence-electron chi connectivity index (χ2n) is 5.73. The number of nitrogens with one attached hydrogen (secondary N) is 3. The van der Waals surface area contributed by atoms with E-state index in [4.69, 9.17) is 9.47 Å². The Bertz CT molecular complexity index is 677. The zero-order valence-electron chi connectivity index (χ0n) is 16.2. The van der Waals surface area contributed by atoms with E-state index >= 15 is 0 Å². The number of aromatic amines is 1. The molecule has 0 amide bonds. The Morgan fingerprint density at radius 2 is 2.04 bits per heavy atom. The smallest absolute Gasteiger partial charge is 0.191 e. The number of benzene rings is 1. The first kappa shape index (κ1) is 23.1.